The summed E-state index contributed by atoms with van der Waals surface area (Å²) in [4.78, 5) is 5.79. The van der Waals surface area contributed by atoms with E-state index in [1.54, 1.807) is 11.3 Å². The zero-order valence-corrected chi connectivity index (χ0v) is 12.9. The van der Waals surface area contributed by atoms with Crippen LogP contribution in [0.1, 0.15) is 43.5 Å². The van der Waals surface area contributed by atoms with Gasteiger partial charge in [0.15, 0.2) is 10.8 Å². The van der Waals surface area contributed by atoms with Crippen molar-refractivity contribution in [2.24, 2.45) is 0 Å². The molecule has 0 unspecified atom stereocenters. The first-order chi connectivity index (χ1) is 10.4. The number of imidazole rings is 1. The van der Waals surface area contributed by atoms with Crippen LogP contribution in [-0.2, 0) is 6.54 Å². The maximum absolute atomic E-state index is 4.76. The Labute approximate surface area is 127 Å². The molecule has 1 aliphatic carbocycles. The summed E-state index contributed by atoms with van der Waals surface area (Å²) in [7, 11) is 0. The topological polar surface area (TPSA) is 47.2 Å². The van der Waals surface area contributed by atoms with E-state index in [0.717, 1.165) is 30.3 Å². The molecule has 0 amide bonds. The highest BCUT2D eigenvalue weighted by Gasteiger charge is 2.26. The van der Waals surface area contributed by atoms with Gasteiger partial charge in [-0.1, -0.05) is 6.92 Å². The van der Waals surface area contributed by atoms with E-state index in [2.05, 4.69) is 34.3 Å². The fourth-order valence-electron chi connectivity index (χ4n) is 2.61. The zero-order chi connectivity index (χ0) is 14.2. The van der Waals surface area contributed by atoms with Crippen LogP contribution in [0.5, 0.6) is 0 Å². The van der Waals surface area contributed by atoms with Gasteiger partial charge in [0.25, 0.3) is 0 Å². The molecule has 6 heteroatoms. The molecule has 0 aliphatic heterocycles. The lowest BCUT2D eigenvalue weighted by molar-refractivity contribution is 0.654. The quantitative estimate of drug-likeness (QED) is 0.712. The number of thiazole rings is 1. The zero-order valence-electron chi connectivity index (χ0n) is 12.1. The third-order valence-corrected chi connectivity index (χ3v) is 4.64. The van der Waals surface area contributed by atoms with Gasteiger partial charge in [-0.15, -0.1) is 11.3 Å². The van der Waals surface area contributed by atoms with E-state index in [4.69, 9.17) is 10.1 Å². The van der Waals surface area contributed by atoms with Crippen molar-refractivity contribution in [1.29, 1.82) is 0 Å². The van der Waals surface area contributed by atoms with Crippen molar-refractivity contribution in [3.05, 3.63) is 35.2 Å². The van der Waals surface area contributed by atoms with Crippen molar-refractivity contribution >= 4 is 16.3 Å². The number of nitrogens with one attached hydrogen (secondary N) is 1. The maximum atomic E-state index is 4.76. The van der Waals surface area contributed by atoms with Crippen LogP contribution >= 0.6 is 11.3 Å². The predicted octanol–water partition coefficient (Wildman–Crippen LogP) is 2.96. The standard InChI is InChI=1S/C15H19N5S/c1-2-6-16-10-13-14(17-15-19(13)8-9-21-15)20-7-5-12(18-20)11-3-4-11/h5,7-9,11,16H,2-4,6,10H2,1H3. The van der Waals surface area contributed by atoms with Gasteiger partial charge < -0.3 is 5.32 Å². The van der Waals surface area contributed by atoms with Gasteiger partial charge in [-0.05, 0) is 31.9 Å². The maximum Gasteiger partial charge on any atom is 0.196 e. The normalized spacial score (nSPS) is 15.1. The predicted molar refractivity (Wildman–Crippen MR) is 84.2 cm³/mol. The Kier molecular flexibility index (Phi) is 3.27. The van der Waals surface area contributed by atoms with Gasteiger partial charge in [0.05, 0.1) is 11.4 Å². The second-order valence-corrected chi connectivity index (χ2v) is 6.45. The van der Waals surface area contributed by atoms with Gasteiger partial charge in [0, 0.05) is 30.2 Å². The van der Waals surface area contributed by atoms with Crippen LogP contribution < -0.4 is 5.32 Å². The lowest BCUT2D eigenvalue weighted by Crippen LogP contribution is -2.16. The van der Waals surface area contributed by atoms with Crippen LogP contribution in [0, 0.1) is 0 Å². The summed E-state index contributed by atoms with van der Waals surface area (Å²) in [6, 6.07) is 2.13. The van der Waals surface area contributed by atoms with E-state index >= 15 is 0 Å². The summed E-state index contributed by atoms with van der Waals surface area (Å²) in [6.07, 6.45) is 7.82. The van der Waals surface area contributed by atoms with Crippen LogP contribution in [0.15, 0.2) is 23.8 Å². The second kappa shape index (κ2) is 5.27. The lowest BCUT2D eigenvalue weighted by Gasteiger charge is -2.05. The number of hydrogen-bond acceptors (Lipinski definition) is 4. The fraction of sp³-hybridized carbons (Fsp3) is 0.467. The van der Waals surface area contributed by atoms with Crippen LogP contribution in [0.25, 0.3) is 10.8 Å². The molecule has 0 bridgehead atoms. The molecule has 3 heterocycles. The Balaban J connectivity index is 1.71. The summed E-state index contributed by atoms with van der Waals surface area (Å²) < 4.78 is 4.11. The molecule has 5 nitrogen and oxygen atoms in total. The Morgan fingerprint density at radius 3 is 3.10 bits per heavy atom. The highest BCUT2D eigenvalue weighted by molar-refractivity contribution is 7.15. The average molecular weight is 301 g/mol. The third kappa shape index (κ3) is 2.38. The molecule has 21 heavy (non-hydrogen) atoms. The van der Waals surface area contributed by atoms with Gasteiger partial charge in [0.2, 0.25) is 0 Å². The second-order valence-electron chi connectivity index (χ2n) is 5.57. The first kappa shape index (κ1) is 13.0. The molecule has 0 saturated heterocycles. The molecular formula is C15H19N5S. The Morgan fingerprint density at radius 2 is 2.29 bits per heavy atom. The minimum Gasteiger partial charge on any atom is -0.311 e. The largest absolute Gasteiger partial charge is 0.311 e. The molecule has 4 rings (SSSR count). The highest BCUT2D eigenvalue weighted by Crippen LogP contribution is 2.39. The van der Waals surface area contributed by atoms with Gasteiger partial charge >= 0.3 is 0 Å². The van der Waals surface area contributed by atoms with Gasteiger partial charge in [-0.25, -0.2) is 4.68 Å². The fourth-order valence-corrected chi connectivity index (χ4v) is 3.33. The first-order valence-electron chi connectivity index (χ1n) is 7.58. The SMILES string of the molecule is CCCNCc1c(-n2ccc(C3CC3)n2)nc2sccn12. The van der Waals surface area contributed by atoms with E-state index in [9.17, 15) is 0 Å². The van der Waals surface area contributed by atoms with Crippen molar-refractivity contribution in [2.45, 2.75) is 38.6 Å². The van der Waals surface area contributed by atoms with Crippen molar-refractivity contribution in [2.75, 3.05) is 6.54 Å². The summed E-state index contributed by atoms with van der Waals surface area (Å²) in [5.74, 6) is 1.63. The van der Waals surface area contributed by atoms with Crippen LogP contribution in [0.2, 0.25) is 0 Å². The van der Waals surface area contributed by atoms with Gasteiger partial charge in [-0.3, -0.25) is 4.40 Å². The number of rotatable bonds is 6. The number of nitrogens with zero attached hydrogens (tertiary/aromatic N) is 4. The number of aromatic nitrogens is 4. The van der Waals surface area contributed by atoms with Crippen molar-refractivity contribution < 1.29 is 0 Å². The molecule has 0 spiro atoms. The van der Waals surface area contributed by atoms with Gasteiger partial charge in [-0.2, -0.15) is 10.1 Å². The van der Waals surface area contributed by atoms with Gasteiger partial charge in [0.1, 0.15) is 0 Å². The molecule has 3 aromatic rings. The lowest BCUT2D eigenvalue weighted by atomic mass is 10.3. The number of hydrogen-bond donors (Lipinski definition) is 1. The average Bonchev–Trinajstić information content (AvgIpc) is 2.93. The minimum absolute atomic E-state index is 0.677. The molecule has 0 atom stereocenters. The third-order valence-electron chi connectivity index (χ3n) is 3.88. The van der Waals surface area contributed by atoms with Crippen LogP contribution in [0.4, 0.5) is 0 Å². The smallest absolute Gasteiger partial charge is 0.196 e. The van der Waals surface area contributed by atoms with Crippen LogP contribution in [-0.4, -0.2) is 25.7 Å². The molecule has 1 fully saturated rings. The van der Waals surface area contributed by atoms with E-state index < -0.39 is 0 Å². The summed E-state index contributed by atoms with van der Waals surface area (Å²) in [6.45, 7) is 4.02. The Morgan fingerprint density at radius 1 is 1.38 bits per heavy atom. The van der Waals surface area contributed by atoms with Crippen molar-refractivity contribution in [1.82, 2.24) is 24.5 Å². The molecule has 0 radical (unpaired) electrons. The summed E-state index contributed by atoms with van der Waals surface area (Å²) in [5.41, 5.74) is 2.39. The van der Waals surface area contributed by atoms with Crippen molar-refractivity contribution in [3.8, 4) is 5.82 Å². The highest BCUT2D eigenvalue weighted by atomic mass is 32.1. The minimum atomic E-state index is 0.677. The molecule has 1 aliphatic rings. The van der Waals surface area contributed by atoms with E-state index in [1.165, 1.54) is 24.2 Å². The molecule has 3 aromatic heterocycles. The summed E-state index contributed by atoms with van der Waals surface area (Å²) >= 11 is 1.66. The molecule has 1 N–H and O–H groups in total. The molecule has 110 valence electrons. The van der Waals surface area contributed by atoms with E-state index in [0.29, 0.717) is 5.92 Å². The monoisotopic (exact) mass is 301 g/mol. The Hall–Kier alpha value is -1.66. The van der Waals surface area contributed by atoms with Crippen molar-refractivity contribution in [3.63, 3.8) is 0 Å². The van der Waals surface area contributed by atoms with E-state index in [1.807, 2.05) is 10.9 Å². The van der Waals surface area contributed by atoms with E-state index in [-0.39, 0.29) is 0 Å². The number of fused-ring (bicyclic) bond motifs is 1. The first-order valence-corrected chi connectivity index (χ1v) is 8.46. The Bertz CT molecular complexity index is 749. The molecule has 0 aromatic carbocycles. The molecular weight excluding hydrogens is 282 g/mol. The molecule has 1 saturated carbocycles. The van der Waals surface area contributed by atoms with Crippen LogP contribution in [0.3, 0.4) is 0 Å². The summed E-state index contributed by atoms with van der Waals surface area (Å²) in [5, 5.41) is 10.3.